The summed E-state index contributed by atoms with van der Waals surface area (Å²) in [4.78, 5) is 27.9. The predicted molar refractivity (Wildman–Crippen MR) is 95.6 cm³/mol. The highest BCUT2D eigenvalue weighted by Crippen LogP contribution is 2.30. The van der Waals surface area contributed by atoms with Gasteiger partial charge in [0, 0.05) is 23.8 Å². The van der Waals surface area contributed by atoms with Crippen molar-refractivity contribution in [3.05, 3.63) is 37.1 Å². The third-order valence-electron chi connectivity index (χ3n) is 3.67. The first-order valence-corrected chi connectivity index (χ1v) is 8.63. The minimum atomic E-state index is -0.457. The third kappa shape index (κ3) is 2.78. The quantitative estimate of drug-likeness (QED) is 0.583. The summed E-state index contributed by atoms with van der Waals surface area (Å²) in [5.41, 5.74) is 2.69. The van der Waals surface area contributed by atoms with Gasteiger partial charge in [-0.2, -0.15) is 4.68 Å². The van der Waals surface area contributed by atoms with Gasteiger partial charge in [-0.25, -0.2) is 4.99 Å². The van der Waals surface area contributed by atoms with E-state index in [-0.39, 0.29) is 28.1 Å². The van der Waals surface area contributed by atoms with Crippen LogP contribution in [-0.4, -0.2) is 28.4 Å². The van der Waals surface area contributed by atoms with Gasteiger partial charge in [0.05, 0.1) is 10.2 Å². The monoisotopic (exact) mass is 389 g/mol. The SMILES string of the molecule is CC(=O)Nn1c(O)c(/C=C2\C=c3cc4c(cc3=NC2=O)OCO4)sc1=S. The average Bonchev–Trinajstić information content (AvgIpc) is 3.13. The molecule has 0 radical (unpaired) electrons. The largest absolute Gasteiger partial charge is 0.492 e. The number of ether oxygens (including phenoxy) is 2. The second-order valence-electron chi connectivity index (χ2n) is 5.48. The van der Waals surface area contributed by atoms with Crippen LogP contribution in [0.4, 0.5) is 0 Å². The fraction of sp³-hybridized carbons (Fsp3) is 0.125. The van der Waals surface area contributed by atoms with Crippen LogP contribution in [-0.2, 0) is 9.59 Å². The van der Waals surface area contributed by atoms with E-state index in [1.165, 1.54) is 13.0 Å². The lowest BCUT2D eigenvalue weighted by Gasteiger charge is -2.05. The summed E-state index contributed by atoms with van der Waals surface area (Å²) in [5, 5.41) is 11.4. The van der Waals surface area contributed by atoms with E-state index in [4.69, 9.17) is 21.7 Å². The second kappa shape index (κ2) is 6.07. The molecular weight excluding hydrogens is 378 g/mol. The third-order valence-corrected chi connectivity index (χ3v) is 4.98. The van der Waals surface area contributed by atoms with E-state index in [9.17, 15) is 14.7 Å². The normalized spacial score (nSPS) is 16.0. The van der Waals surface area contributed by atoms with Gasteiger partial charge in [-0.15, -0.1) is 0 Å². The molecule has 0 saturated heterocycles. The molecule has 2 aliphatic heterocycles. The van der Waals surface area contributed by atoms with Crippen molar-refractivity contribution in [2.75, 3.05) is 12.2 Å². The highest BCUT2D eigenvalue weighted by Gasteiger charge is 2.19. The Morgan fingerprint density at radius 2 is 2.15 bits per heavy atom. The molecule has 0 bridgehead atoms. The maximum atomic E-state index is 12.3. The first-order valence-electron chi connectivity index (χ1n) is 7.41. The average molecular weight is 389 g/mol. The summed E-state index contributed by atoms with van der Waals surface area (Å²) < 4.78 is 12.0. The number of nitrogens with zero attached hydrogens (tertiary/aromatic N) is 2. The molecule has 2 aromatic rings. The van der Waals surface area contributed by atoms with Crippen LogP contribution in [0, 0.1) is 3.95 Å². The molecule has 26 heavy (non-hydrogen) atoms. The molecule has 0 aliphatic carbocycles. The Hall–Kier alpha value is -2.98. The molecule has 0 unspecified atom stereocenters. The van der Waals surface area contributed by atoms with Crippen LogP contribution >= 0.6 is 23.6 Å². The first-order chi connectivity index (χ1) is 12.4. The molecule has 2 N–H and O–H groups in total. The zero-order valence-corrected chi connectivity index (χ0v) is 14.9. The number of carbonyl (C=O) groups excluding carboxylic acids is 2. The Bertz CT molecular complexity index is 1180. The fourth-order valence-electron chi connectivity index (χ4n) is 2.54. The van der Waals surface area contributed by atoms with E-state index in [1.807, 2.05) is 0 Å². The number of hydrogen-bond acceptors (Lipinski definition) is 7. The van der Waals surface area contributed by atoms with Crippen LogP contribution in [0.25, 0.3) is 12.2 Å². The Labute approximate surface area is 155 Å². The molecule has 0 fully saturated rings. The van der Waals surface area contributed by atoms with E-state index in [1.54, 1.807) is 18.2 Å². The number of thiazole rings is 1. The number of rotatable bonds is 2. The maximum Gasteiger partial charge on any atom is 0.277 e. The molecule has 0 atom stereocenters. The minimum Gasteiger partial charge on any atom is -0.492 e. The summed E-state index contributed by atoms with van der Waals surface area (Å²) in [6.45, 7) is 1.43. The van der Waals surface area contributed by atoms with Crippen molar-refractivity contribution < 1.29 is 24.2 Å². The number of hydrogen-bond donors (Lipinski definition) is 2. The summed E-state index contributed by atoms with van der Waals surface area (Å²) in [7, 11) is 0. The first kappa shape index (κ1) is 16.5. The number of carbonyl (C=O) groups is 2. The van der Waals surface area contributed by atoms with Crippen LogP contribution < -0.4 is 25.5 Å². The predicted octanol–water partition coefficient (Wildman–Crippen LogP) is 0.827. The standard InChI is InChI=1S/C16H11N3O5S2/c1-7(20)18-19-15(22)13(26-16(19)25)4-9-2-8-3-11-12(24-6-23-11)5-10(8)17-14(9)21/h2-5,22H,6H2,1H3,(H,18,20)/b9-4+. The number of aromatic nitrogens is 1. The highest BCUT2D eigenvalue weighted by molar-refractivity contribution is 7.73. The van der Waals surface area contributed by atoms with Gasteiger partial charge >= 0.3 is 0 Å². The molecular formula is C16H11N3O5S2. The molecule has 0 spiro atoms. The van der Waals surface area contributed by atoms with Gasteiger partial charge in [-0.3, -0.25) is 15.0 Å². The van der Waals surface area contributed by atoms with Crippen LogP contribution in [0.15, 0.2) is 22.7 Å². The van der Waals surface area contributed by atoms with Crippen molar-refractivity contribution >= 4 is 47.5 Å². The minimum absolute atomic E-state index is 0.128. The number of benzene rings is 1. The van der Waals surface area contributed by atoms with Crippen molar-refractivity contribution in [1.29, 1.82) is 0 Å². The maximum absolute atomic E-state index is 12.3. The van der Waals surface area contributed by atoms with Crippen molar-refractivity contribution in [2.45, 2.75) is 6.92 Å². The van der Waals surface area contributed by atoms with E-state index >= 15 is 0 Å². The molecule has 10 heteroatoms. The molecule has 3 heterocycles. The highest BCUT2D eigenvalue weighted by atomic mass is 32.1. The molecule has 8 nitrogen and oxygen atoms in total. The number of aromatic hydroxyl groups is 1. The summed E-state index contributed by atoms with van der Waals surface area (Å²) in [6.07, 6.45) is 3.13. The fourth-order valence-corrected chi connectivity index (χ4v) is 3.72. The zero-order chi connectivity index (χ0) is 18.4. The smallest absolute Gasteiger partial charge is 0.277 e. The van der Waals surface area contributed by atoms with E-state index in [2.05, 4.69) is 10.4 Å². The van der Waals surface area contributed by atoms with Crippen LogP contribution in [0.2, 0.25) is 0 Å². The summed E-state index contributed by atoms with van der Waals surface area (Å²) >= 11 is 6.18. The molecule has 1 aromatic heterocycles. The van der Waals surface area contributed by atoms with Crippen LogP contribution in [0.3, 0.4) is 0 Å². The lowest BCUT2D eigenvalue weighted by Crippen LogP contribution is -2.30. The van der Waals surface area contributed by atoms with Gasteiger partial charge in [0.25, 0.3) is 5.91 Å². The van der Waals surface area contributed by atoms with Gasteiger partial charge in [-0.05, 0) is 30.4 Å². The van der Waals surface area contributed by atoms with E-state index < -0.39 is 5.91 Å². The molecule has 132 valence electrons. The summed E-state index contributed by atoms with van der Waals surface area (Å²) in [6, 6.07) is 3.39. The topological polar surface area (TPSA) is 102 Å². The molecule has 0 saturated carbocycles. The van der Waals surface area contributed by atoms with E-state index in [0.717, 1.165) is 16.0 Å². The molecule has 2 amide bonds. The van der Waals surface area contributed by atoms with Gasteiger partial charge in [0.2, 0.25) is 18.6 Å². The van der Waals surface area contributed by atoms with Crippen LogP contribution in [0.1, 0.15) is 11.8 Å². The molecule has 1 aromatic carbocycles. The molecule has 4 rings (SSSR count). The van der Waals surface area contributed by atoms with Crippen molar-refractivity contribution in [2.24, 2.45) is 4.99 Å². The Balaban J connectivity index is 1.81. The summed E-state index contributed by atoms with van der Waals surface area (Å²) in [5.74, 6) is 0.0404. The van der Waals surface area contributed by atoms with Gasteiger partial charge in [0.15, 0.2) is 15.5 Å². The number of nitrogens with one attached hydrogen (secondary N) is 1. The lowest BCUT2D eigenvalue weighted by atomic mass is 10.1. The van der Waals surface area contributed by atoms with Crippen molar-refractivity contribution in [3.8, 4) is 17.4 Å². The Morgan fingerprint density at radius 1 is 1.42 bits per heavy atom. The Morgan fingerprint density at radius 3 is 2.88 bits per heavy atom. The van der Waals surface area contributed by atoms with Crippen molar-refractivity contribution in [1.82, 2.24) is 4.68 Å². The number of fused-ring (bicyclic) bond motifs is 2. The van der Waals surface area contributed by atoms with Crippen molar-refractivity contribution in [3.63, 3.8) is 0 Å². The zero-order valence-electron chi connectivity index (χ0n) is 13.3. The number of amides is 2. The molecule has 2 aliphatic rings. The lowest BCUT2D eigenvalue weighted by molar-refractivity contribution is -0.115. The Kier molecular flexibility index (Phi) is 3.85. The van der Waals surface area contributed by atoms with E-state index in [0.29, 0.717) is 27.0 Å². The van der Waals surface area contributed by atoms with Crippen LogP contribution in [0.5, 0.6) is 17.4 Å². The second-order valence-corrected chi connectivity index (χ2v) is 7.16. The van der Waals surface area contributed by atoms with Gasteiger partial charge in [0.1, 0.15) is 0 Å². The van der Waals surface area contributed by atoms with Gasteiger partial charge in [-0.1, -0.05) is 11.3 Å². The van der Waals surface area contributed by atoms with Gasteiger partial charge < -0.3 is 14.6 Å².